The molecule has 0 amide bonds. The minimum absolute atomic E-state index is 0.286. The fraction of sp³-hybridized carbons (Fsp3) is 0.167. The third-order valence-corrected chi connectivity index (χ3v) is 5.89. The summed E-state index contributed by atoms with van der Waals surface area (Å²) in [7, 11) is 0. The molecule has 0 spiro atoms. The largest absolute Gasteiger partial charge is 0.378 e. The number of halogens is 1. The van der Waals surface area contributed by atoms with Crippen molar-refractivity contribution in [2.75, 3.05) is 36.5 Å². The number of hydrogen-bond acceptors (Lipinski definition) is 7. The van der Waals surface area contributed by atoms with Crippen LogP contribution in [0.5, 0.6) is 0 Å². The zero-order valence-corrected chi connectivity index (χ0v) is 18.0. The van der Waals surface area contributed by atoms with Gasteiger partial charge in [-0.15, -0.1) is 0 Å². The van der Waals surface area contributed by atoms with Crippen molar-refractivity contribution in [1.82, 2.24) is 24.9 Å². The second-order valence-corrected chi connectivity index (χ2v) is 8.02. The average molecular weight is 457 g/mol. The van der Waals surface area contributed by atoms with Crippen molar-refractivity contribution < 1.29 is 9.13 Å². The summed E-state index contributed by atoms with van der Waals surface area (Å²) in [6.07, 6.45) is 4.85. The summed E-state index contributed by atoms with van der Waals surface area (Å²) in [5.74, 6) is -0.0206. The van der Waals surface area contributed by atoms with Gasteiger partial charge in [-0.25, -0.2) is 19.3 Å². The van der Waals surface area contributed by atoms with Crippen molar-refractivity contribution in [2.24, 2.45) is 0 Å². The minimum atomic E-state index is -0.352. The first-order chi connectivity index (χ1) is 16.7. The summed E-state index contributed by atoms with van der Waals surface area (Å²) in [6, 6.07) is 10.5. The first-order valence-corrected chi connectivity index (χ1v) is 10.9. The number of anilines is 3. The van der Waals surface area contributed by atoms with Crippen LogP contribution in [0.1, 0.15) is 0 Å². The lowest BCUT2D eigenvalue weighted by atomic mass is 10.1. The van der Waals surface area contributed by atoms with Crippen molar-refractivity contribution in [3.63, 3.8) is 0 Å². The number of ether oxygens (including phenoxy) is 1. The fourth-order valence-corrected chi connectivity index (χ4v) is 4.20. The van der Waals surface area contributed by atoms with Gasteiger partial charge in [0.2, 0.25) is 0 Å². The zero-order chi connectivity index (χ0) is 23.1. The van der Waals surface area contributed by atoms with Crippen LogP contribution in [0.4, 0.5) is 21.6 Å². The second kappa shape index (κ2) is 8.23. The molecule has 0 atom stereocenters. The van der Waals surface area contributed by atoms with Crippen molar-refractivity contribution in [1.29, 1.82) is 0 Å². The van der Waals surface area contributed by atoms with Crippen LogP contribution in [-0.2, 0) is 4.74 Å². The van der Waals surface area contributed by atoms with E-state index in [1.807, 2.05) is 17.0 Å². The van der Waals surface area contributed by atoms with Crippen LogP contribution in [-0.4, -0.2) is 51.2 Å². The van der Waals surface area contributed by atoms with E-state index < -0.39 is 0 Å². The number of H-pyrrole nitrogens is 2. The highest BCUT2D eigenvalue weighted by molar-refractivity contribution is 5.95. The Morgan fingerprint density at radius 2 is 1.94 bits per heavy atom. The molecule has 6 rings (SSSR count). The summed E-state index contributed by atoms with van der Waals surface area (Å²) in [5.41, 5.74) is 3.50. The van der Waals surface area contributed by atoms with Crippen LogP contribution < -0.4 is 15.8 Å². The molecule has 1 saturated heterocycles. The van der Waals surface area contributed by atoms with Crippen LogP contribution in [0, 0.1) is 5.82 Å². The first-order valence-electron chi connectivity index (χ1n) is 10.9. The number of pyridine rings is 3. The topological polar surface area (TPSA) is 112 Å². The molecule has 5 heterocycles. The van der Waals surface area contributed by atoms with Gasteiger partial charge in [0, 0.05) is 36.7 Å². The molecule has 1 aliphatic heterocycles. The maximum Gasteiger partial charge on any atom is 0.259 e. The molecular formula is C24H20FN7O2. The minimum Gasteiger partial charge on any atom is -0.378 e. The third kappa shape index (κ3) is 3.63. The van der Waals surface area contributed by atoms with E-state index in [0.717, 1.165) is 11.1 Å². The van der Waals surface area contributed by atoms with Gasteiger partial charge in [0.15, 0.2) is 5.65 Å². The molecule has 0 aliphatic carbocycles. The summed E-state index contributed by atoms with van der Waals surface area (Å²) < 4.78 is 20.3. The van der Waals surface area contributed by atoms with E-state index in [0.29, 0.717) is 65.6 Å². The number of benzene rings is 1. The van der Waals surface area contributed by atoms with E-state index in [1.54, 1.807) is 36.9 Å². The van der Waals surface area contributed by atoms with Gasteiger partial charge in [-0.05, 0) is 41.8 Å². The predicted molar refractivity (Wildman–Crippen MR) is 128 cm³/mol. The third-order valence-electron chi connectivity index (χ3n) is 5.89. The van der Waals surface area contributed by atoms with Crippen LogP contribution in [0.2, 0.25) is 0 Å². The molecule has 1 fully saturated rings. The number of aromatic nitrogens is 5. The summed E-state index contributed by atoms with van der Waals surface area (Å²) in [5, 5.41) is 4.23. The number of imidazole rings is 1. The summed E-state index contributed by atoms with van der Waals surface area (Å²) in [4.78, 5) is 33.6. The average Bonchev–Trinajstić information content (AvgIpc) is 3.33. The molecule has 170 valence electrons. The molecule has 5 aromatic rings. The van der Waals surface area contributed by atoms with Crippen molar-refractivity contribution in [3.05, 3.63) is 71.3 Å². The van der Waals surface area contributed by atoms with E-state index in [2.05, 4.69) is 25.3 Å². The molecule has 0 unspecified atom stereocenters. The van der Waals surface area contributed by atoms with E-state index in [-0.39, 0.29) is 11.4 Å². The smallest absolute Gasteiger partial charge is 0.259 e. The normalized spacial score (nSPS) is 14.1. The molecule has 10 heteroatoms. The van der Waals surface area contributed by atoms with Crippen molar-refractivity contribution in [2.45, 2.75) is 0 Å². The Bertz CT molecular complexity index is 1570. The lowest BCUT2D eigenvalue weighted by Crippen LogP contribution is -2.36. The Hall–Kier alpha value is -4.31. The Kier molecular flexibility index (Phi) is 4.92. The van der Waals surface area contributed by atoms with E-state index in [9.17, 15) is 9.18 Å². The fourth-order valence-electron chi connectivity index (χ4n) is 4.20. The van der Waals surface area contributed by atoms with Crippen molar-refractivity contribution >= 4 is 39.1 Å². The molecule has 34 heavy (non-hydrogen) atoms. The number of morpholine rings is 1. The predicted octanol–water partition coefficient (Wildman–Crippen LogP) is 3.58. The van der Waals surface area contributed by atoms with Crippen LogP contribution >= 0.6 is 0 Å². The van der Waals surface area contributed by atoms with Gasteiger partial charge in [0.05, 0.1) is 41.8 Å². The zero-order valence-electron chi connectivity index (χ0n) is 18.0. The quantitative estimate of drug-likeness (QED) is 0.378. The molecule has 0 radical (unpaired) electrons. The molecule has 9 nitrogen and oxygen atoms in total. The van der Waals surface area contributed by atoms with Gasteiger partial charge in [-0.3, -0.25) is 4.79 Å². The Labute approximate surface area is 192 Å². The molecule has 0 bridgehead atoms. The Morgan fingerprint density at radius 1 is 1.06 bits per heavy atom. The van der Waals surface area contributed by atoms with Gasteiger partial charge in [-0.1, -0.05) is 0 Å². The monoisotopic (exact) mass is 457 g/mol. The highest BCUT2D eigenvalue weighted by Gasteiger charge is 2.17. The summed E-state index contributed by atoms with van der Waals surface area (Å²) in [6.45, 7) is 2.43. The first kappa shape index (κ1) is 20.3. The van der Waals surface area contributed by atoms with Gasteiger partial charge < -0.3 is 24.9 Å². The highest BCUT2D eigenvalue weighted by atomic mass is 19.1. The number of nitrogens with zero attached hydrogens (tertiary/aromatic N) is 4. The summed E-state index contributed by atoms with van der Waals surface area (Å²) >= 11 is 0. The van der Waals surface area contributed by atoms with Gasteiger partial charge >= 0.3 is 0 Å². The molecule has 1 aromatic carbocycles. The van der Waals surface area contributed by atoms with Crippen LogP contribution in [0.25, 0.3) is 33.2 Å². The highest BCUT2D eigenvalue weighted by Crippen LogP contribution is 2.30. The molecule has 3 N–H and O–H groups in total. The second-order valence-electron chi connectivity index (χ2n) is 8.02. The number of aromatic amines is 2. The number of hydrogen-bond donors (Lipinski definition) is 3. The van der Waals surface area contributed by atoms with Gasteiger partial charge in [0.25, 0.3) is 5.56 Å². The van der Waals surface area contributed by atoms with Crippen LogP contribution in [0.3, 0.4) is 0 Å². The van der Waals surface area contributed by atoms with Gasteiger partial charge in [-0.2, -0.15) is 0 Å². The lowest BCUT2D eigenvalue weighted by molar-refractivity contribution is 0.122. The van der Waals surface area contributed by atoms with E-state index in [1.165, 1.54) is 6.07 Å². The lowest BCUT2D eigenvalue weighted by Gasteiger charge is -2.29. The maximum atomic E-state index is 15.0. The van der Waals surface area contributed by atoms with E-state index in [4.69, 9.17) is 9.72 Å². The van der Waals surface area contributed by atoms with Crippen molar-refractivity contribution in [3.8, 4) is 11.3 Å². The van der Waals surface area contributed by atoms with E-state index >= 15 is 0 Å². The number of rotatable bonds is 4. The van der Waals surface area contributed by atoms with Gasteiger partial charge in [0.1, 0.15) is 11.6 Å². The molecule has 1 aliphatic rings. The van der Waals surface area contributed by atoms with Crippen LogP contribution in [0.15, 0.2) is 59.9 Å². The maximum absolute atomic E-state index is 15.0. The molecular weight excluding hydrogens is 437 g/mol. The number of fused-ring (bicyclic) bond motifs is 2. The standard InChI is InChI=1S/C24H20FN7O2/c25-17-11-16(1-2-20(17)32-5-7-34-8-6-32)30-23-21-14(3-4-26-24(21)33)9-18(31-23)15-10-19-22(27-12-15)29-13-28-19/h1-4,9-13H,5-8H2,(H,26,33)(H,30,31)(H,27,28,29). The molecule has 0 saturated carbocycles. The SMILES string of the molecule is O=c1[nH]ccc2cc(-c3cnc4nc[nH]c4c3)nc(Nc3ccc(N4CCOCC4)c(F)c3)c12. The Balaban J connectivity index is 1.42. The Morgan fingerprint density at radius 3 is 2.79 bits per heavy atom. The number of nitrogens with one attached hydrogen (secondary N) is 3. The molecule has 4 aromatic heterocycles.